The van der Waals surface area contributed by atoms with Crippen molar-refractivity contribution in [1.82, 2.24) is 10.6 Å². The average Bonchev–Trinajstić information content (AvgIpc) is 2.48. The Morgan fingerprint density at radius 3 is 1.96 bits per heavy atom. The monoisotopic (exact) mass is 374 g/mol. The van der Waals surface area contributed by atoms with Crippen molar-refractivity contribution in [3.63, 3.8) is 0 Å². The maximum absolute atomic E-state index is 11.9. The van der Waals surface area contributed by atoms with Crippen LogP contribution in [0.25, 0.3) is 0 Å². The molecule has 0 saturated carbocycles. The van der Waals surface area contributed by atoms with E-state index in [1.165, 1.54) is 0 Å². The minimum Gasteiger partial charge on any atom is -0.548 e. The van der Waals surface area contributed by atoms with Crippen LogP contribution >= 0.6 is 0 Å². The number of hydrogen-bond acceptors (Lipinski definition) is 7. The lowest BCUT2D eigenvalue weighted by atomic mass is 10.1. The molecule has 0 unspecified atom stereocenters. The van der Waals surface area contributed by atoms with Gasteiger partial charge in [-0.3, -0.25) is 4.79 Å². The fourth-order valence-corrected chi connectivity index (χ4v) is 2.01. The minimum absolute atomic E-state index is 0.198. The van der Waals surface area contributed by atoms with E-state index in [1.54, 1.807) is 20.8 Å². The van der Waals surface area contributed by atoms with Crippen LogP contribution in [-0.2, 0) is 19.1 Å². The lowest BCUT2D eigenvalue weighted by Gasteiger charge is -2.24. The van der Waals surface area contributed by atoms with Gasteiger partial charge in [0.2, 0.25) is 5.91 Å². The average molecular weight is 374 g/mol. The maximum atomic E-state index is 11.9. The lowest BCUT2D eigenvalue weighted by molar-refractivity contribution is -0.368. The highest BCUT2D eigenvalue weighted by molar-refractivity contribution is 5.84. The Morgan fingerprint density at radius 2 is 1.50 bits per heavy atom. The largest absolute Gasteiger partial charge is 0.548 e. The number of hydrogen-bond donors (Lipinski definition) is 3. The van der Waals surface area contributed by atoms with Gasteiger partial charge < -0.3 is 40.9 Å². The molecule has 10 nitrogen and oxygen atoms in total. The molecule has 150 valence electrons. The zero-order chi connectivity index (χ0) is 20.3. The van der Waals surface area contributed by atoms with Gasteiger partial charge in [-0.1, -0.05) is 0 Å². The first-order valence-electron chi connectivity index (χ1n) is 8.46. The number of nitrogens with one attached hydrogen (secondary N) is 2. The van der Waals surface area contributed by atoms with Gasteiger partial charge in [-0.2, -0.15) is 0 Å². The van der Waals surface area contributed by atoms with Gasteiger partial charge in [-0.15, -0.1) is 0 Å². The van der Waals surface area contributed by atoms with Gasteiger partial charge in [0.1, 0.15) is 5.60 Å². The smallest absolute Gasteiger partial charge is 0.408 e. The predicted molar refractivity (Wildman–Crippen MR) is 85.9 cm³/mol. The fourth-order valence-electron chi connectivity index (χ4n) is 2.01. The van der Waals surface area contributed by atoms with Crippen LogP contribution in [0.4, 0.5) is 4.79 Å². The SMILES string of the molecule is CC(C)(C)OC(=O)N[C@@H](CCC(=O)N[C@@H](CCCC[NH3+])C(=O)[O-])C(=O)[O-]. The van der Waals surface area contributed by atoms with E-state index in [0.29, 0.717) is 19.4 Å². The van der Waals surface area contributed by atoms with E-state index in [1.807, 2.05) is 0 Å². The Kier molecular flexibility index (Phi) is 10.3. The summed E-state index contributed by atoms with van der Waals surface area (Å²) < 4.78 is 4.94. The van der Waals surface area contributed by atoms with Gasteiger partial charge in [0, 0.05) is 6.42 Å². The van der Waals surface area contributed by atoms with Gasteiger partial charge >= 0.3 is 6.09 Å². The molecule has 0 radical (unpaired) electrons. The fraction of sp³-hybridized carbons (Fsp3) is 0.750. The van der Waals surface area contributed by atoms with Crippen LogP contribution in [0.3, 0.4) is 0 Å². The molecule has 0 aromatic heterocycles. The molecule has 0 saturated heterocycles. The van der Waals surface area contributed by atoms with Crippen molar-refractivity contribution in [2.24, 2.45) is 0 Å². The molecule has 0 rings (SSSR count). The second-order valence-corrected chi connectivity index (χ2v) is 6.84. The summed E-state index contributed by atoms with van der Waals surface area (Å²) in [5.74, 6) is -3.65. The molecule has 5 N–H and O–H groups in total. The third kappa shape index (κ3) is 11.2. The summed E-state index contributed by atoms with van der Waals surface area (Å²) in [4.78, 5) is 45.6. The summed E-state index contributed by atoms with van der Waals surface area (Å²) in [5.41, 5.74) is 2.83. The van der Waals surface area contributed by atoms with Crippen molar-refractivity contribution in [2.75, 3.05) is 6.54 Å². The Morgan fingerprint density at radius 1 is 0.962 bits per heavy atom. The molecule has 0 aliphatic heterocycles. The van der Waals surface area contributed by atoms with Crippen molar-refractivity contribution >= 4 is 23.9 Å². The number of carbonyl (C=O) groups excluding carboxylic acids is 4. The Hall–Kier alpha value is -2.36. The van der Waals surface area contributed by atoms with Crippen LogP contribution in [0.15, 0.2) is 0 Å². The molecule has 0 aliphatic rings. The highest BCUT2D eigenvalue weighted by Gasteiger charge is 2.21. The summed E-state index contributed by atoms with van der Waals surface area (Å²) in [7, 11) is 0. The van der Waals surface area contributed by atoms with Gasteiger partial charge in [0.05, 0.1) is 30.6 Å². The molecule has 2 atom stereocenters. The van der Waals surface area contributed by atoms with Crippen molar-refractivity contribution in [1.29, 1.82) is 0 Å². The van der Waals surface area contributed by atoms with E-state index < -0.39 is 41.6 Å². The van der Waals surface area contributed by atoms with E-state index in [4.69, 9.17) is 4.74 Å². The molecule has 0 spiro atoms. The van der Waals surface area contributed by atoms with Crippen molar-refractivity contribution in [3.8, 4) is 0 Å². The molecule has 10 heteroatoms. The summed E-state index contributed by atoms with van der Waals surface area (Å²) in [6, 6.07) is -2.60. The zero-order valence-electron chi connectivity index (χ0n) is 15.5. The van der Waals surface area contributed by atoms with Gasteiger partial charge in [0.25, 0.3) is 0 Å². The van der Waals surface area contributed by atoms with Crippen molar-refractivity contribution < 1.29 is 39.9 Å². The number of unbranched alkanes of at least 4 members (excludes halogenated alkanes) is 1. The van der Waals surface area contributed by atoms with E-state index in [9.17, 15) is 29.4 Å². The molecular weight excluding hydrogens is 346 g/mol. The molecule has 0 heterocycles. The van der Waals surface area contributed by atoms with E-state index in [2.05, 4.69) is 16.4 Å². The van der Waals surface area contributed by atoms with Gasteiger partial charge in [-0.05, 0) is 46.5 Å². The number of aliphatic carboxylic acids is 2. The highest BCUT2D eigenvalue weighted by atomic mass is 16.6. The molecule has 0 aromatic carbocycles. The van der Waals surface area contributed by atoms with Crippen molar-refractivity contribution in [2.45, 2.75) is 70.6 Å². The summed E-state index contributed by atoms with van der Waals surface area (Å²) in [6.45, 7) is 5.49. The summed E-state index contributed by atoms with van der Waals surface area (Å²) in [6.07, 6.45) is -0.0623. The predicted octanol–water partition coefficient (Wildman–Crippen LogP) is -2.94. The molecule has 0 bridgehead atoms. The first-order chi connectivity index (χ1) is 12.0. The number of alkyl carbamates (subject to hydrolysis) is 1. The quantitative estimate of drug-likeness (QED) is 0.324. The number of amides is 2. The summed E-state index contributed by atoms with van der Waals surface area (Å²) >= 11 is 0. The van der Waals surface area contributed by atoms with Crippen LogP contribution in [0.1, 0.15) is 52.9 Å². The molecule has 0 fully saturated rings. The standard InChI is InChI=1S/C16H29N3O7/c1-16(2,3)26-15(25)19-11(14(23)24)7-8-12(20)18-10(13(21)22)6-4-5-9-17/h10-11H,4-9,17H2,1-3H3,(H,18,20)(H,19,25)(H,21,22)(H,23,24)/p-1/t10-,11-/m0/s1. The van der Waals surface area contributed by atoms with E-state index >= 15 is 0 Å². The van der Waals surface area contributed by atoms with Crippen LogP contribution in [0.2, 0.25) is 0 Å². The third-order valence-electron chi connectivity index (χ3n) is 3.25. The number of ether oxygens (including phenoxy) is 1. The molecule has 0 aromatic rings. The highest BCUT2D eigenvalue weighted by Crippen LogP contribution is 2.08. The second-order valence-electron chi connectivity index (χ2n) is 6.84. The number of rotatable bonds is 11. The van der Waals surface area contributed by atoms with E-state index in [-0.39, 0.29) is 19.3 Å². The Bertz CT molecular complexity index is 503. The number of carboxylic acid groups (broad SMARTS) is 2. The first kappa shape index (κ1) is 23.6. The van der Waals surface area contributed by atoms with Gasteiger partial charge in [0.15, 0.2) is 0 Å². The van der Waals surface area contributed by atoms with E-state index in [0.717, 1.165) is 0 Å². The number of carboxylic acids is 2. The second kappa shape index (κ2) is 11.3. The number of quaternary nitrogens is 1. The molecule has 26 heavy (non-hydrogen) atoms. The maximum Gasteiger partial charge on any atom is 0.408 e. The molecule has 2 amide bonds. The minimum atomic E-state index is -1.57. The summed E-state index contributed by atoms with van der Waals surface area (Å²) in [5, 5.41) is 26.5. The van der Waals surface area contributed by atoms with Crippen LogP contribution in [0, 0.1) is 0 Å². The Balaban J connectivity index is 4.54. The first-order valence-corrected chi connectivity index (χ1v) is 8.46. The molecular formula is C16H28N3O7-. The van der Waals surface area contributed by atoms with Crippen LogP contribution < -0.4 is 26.6 Å². The van der Waals surface area contributed by atoms with Crippen LogP contribution in [0.5, 0.6) is 0 Å². The van der Waals surface area contributed by atoms with Crippen LogP contribution in [-0.4, -0.2) is 48.2 Å². The lowest BCUT2D eigenvalue weighted by Crippen LogP contribution is -2.51. The van der Waals surface area contributed by atoms with Crippen molar-refractivity contribution in [3.05, 3.63) is 0 Å². The topological polar surface area (TPSA) is 175 Å². The normalized spacial score (nSPS) is 13.4. The number of carbonyl (C=O) groups is 4. The third-order valence-corrected chi connectivity index (χ3v) is 3.25. The zero-order valence-corrected chi connectivity index (χ0v) is 15.5. The molecule has 0 aliphatic carbocycles. The van der Waals surface area contributed by atoms with Gasteiger partial charge in [-0.25, -0.2) is 4.79 Å². The Labute approximate surface area is 152 Å².